The molecule has 0 radical (unpaired) electrons. The molecule has 0 amide bonds. The molecular formula is C15H16Br2N2O. The number of hydrogen-bond donors (Lipinski definition) is 1. The predicted octanol–water partition coefficient (Wildman–Crippen LogP) is 5.01. The van der Waals surface area contributed by atoms with Crippen molar-refractivity contribution < 1.29 is 4.74 Å². The lowest BCUT2D eigenvalue weighted by Gasteiger charge is -2.12. The van der Waals surface area contributed by atoms with Gasteiger partial charge in [0, 0.05) is 22.8 Å². The van der Waals surface area contributed by atoms with Gasteiger partial charge in [-0.05, 0) is 46.6 Å². The molecule has 1 aromatic carbocycles. The molecule has 1 heterocycles. The molecule has 0 spiro atoms. The zero-order valence-corrected chi connectivity index (χ0v) is 14.4. The summed E-state index contributed by atoms with van der Waals surface area (Å²) in [6.45, 7) is 3.52. The third-order valence-electron chi connectivity index (χ3n) is 2.71. The van der Waals surface area contributed by atoms with E-state index in [-0.39, 0.29) is 0 Å². The Labute approximate surface area is 136 Å². The Balaban J connectivity index is 2.06. The van der Waals surface area contributed by atoms with Crippen LogP contribution in [0.1, 0.15) is 18.9 Å². The van der Waals surface area contributed by atoms with Crippen LogP contribution >= 0.6 is 31.9 Å². The Hall–Kier alpha value is -1.07. The summed E-state index contributed by atoms with van der Waals surface area (Å²) in [4.78, 5) is 4.35. The van der Waals surface area contributed by atoms with Gasteiger partial charge in [-0.3, -0.25) is 0 Å². The average molecular weight is 400 g/mol. The molecule has 0 saturated carbocycles. The quantitative estimate of drug-likeness (QED) is 0.741. The zero-order chi connectivity index (χ0) is 14.4. The van der Waals surface area contributed by atoms with E-state index in [1.165, 1.54) is 0 Å². The Morgan fingerprint density at radius 2 is 2.10 bits per heavy atom. The summed E-state index contributed by atoms with van der Waals surface area (Å²) in [6.07, 6.45) is 2.85. The fourth-order valence-corrected chi connectivity index (χ4v) is 2.87. The van der Waals surface area contributed by atoms with Gasteiger partial charge in [0.2, 0.25) is 0 Å². The van der Waals surface area contributed by atoms with Crippen LogP contribution in [0, 0.1) is 0 Å². The first-order chi connectivity index (χ1) is 9.70. The number of ether oxygens (including phenoxy) is 1. The third kappa shape index (κ3) is 4.21. The second-order valence-corrected chi connectivity index (χ2v) is 6.07. The predicted molar refractivity (Wildman–Crippen MR) is 89.2 cm³/mol. The minimum absolute atomic E-state index is 0.486. The molecule has 0 aliphatic rings. The highest BCUT2D eigenvalue weighted by Crippen LogP contribution is 2.29. The van der Waals surface area contributed by atoms with Crippen LogP contribution in [0.2, 0.25) is 0 Å². The van der Waals surface area contributed by atoms with Crippen LogP contribution in [-0.2, 0) is 6.61 Å². The number of benzene rings is 1. The van der Waals surface area contributed by atoms with E-state index in [1.807, 2.05) is 30.3 Å². The molecule has 0 fully saturated rings. The van der Waals surface area contributed by atoms with Crippen molar-refractivity contribution in [2.24, 2.45) is 0 Å². The van der Waals surface area contributed by atoms with E-state index in [4.69, 9.17) is 4.74 Å². The number of halogens is 2. The van der Waals surface area contributed by atoms with E-state index >= 15 is 0 Å². The standard InChI is InChI=1S/C15H16Br2N2O/c1-2-7-18-15-11(4-3-8-19-15)10-20-14-6-5-12(16)9-13(14)17/h3-6,8-9H,2,7,10H2,1H3,(H,18,19). The molecule has 0 unspecified atom stereocenters. The Morgan fingerprint density at radius 1 is 1.25 bits per heavy atom. The van der Waals surface area contributed by atoms with Crippen molar-refractivity contribution in [1.29, 1.82) is 0 Å². The van der Waals surface area contributed by atoms with Crippen LogP contribution < -0.4 is 10.1 Å². The molecule has 1 N–H and O–H groups in total. The van der Waals surface area contributed by atoms with Crippen molar-refractivity contribution in [2.75, 3.05) is 11.9 Å². The largest absolute Gasteiger partial charge is 0.488 e. The number of nitrogens with zero attached hydrogens (tertiary/aromatic N) is 1. The van der Waals surface area contributed by atoms with Gasteiger partial charge in [-0.25, -0.2) is 4.98 Å². The molecular weight excluding hydrogens is 384 g/mol. The molecule has 2 rings (SSSR count). The molecule has 3 nitrogen and oxygen atoms in total. The lowest BCUT2D eigenvalue weighted by Crippen LogP contribution is -2.07. The Kier molecular flexibility index (Phi) is 5.86. The average Bonchev–Trinajstić information content (AvgIpc) is 2.45. The van der Waals surface area contributed by atoms with Crippen molar-refractivity contribution in [2.45, 2.75) is 20.0 Å². The first-order valence-electron chi connectivity index (χ1n) is 6.46. The van der Waals surface area contributed by atoms with Crippen molar-refractivity contribution in [3.8, 4) is 5.75 Å². The van der Waals surface area contributed by atoms with Gasteiger partial charge >= 0.3 is 0 Å². The second-order valence-electron chi connectivity index (χ2n) is 4.30. The SMILES string of the molecule is CCCNc1ncccc1COc1ccc(Br)cc1Br. The van der Waals surface area contributed by atoms with E-state index in [0.29, 0.717) is 6.61 Å². The van der Waals surface area contributed by atoms with Gasteiger partial charge in [0.15, 0.2) is 0 Å². The van der Waals surface area contributed by atoms with Crippen molar-refractivity contribution in [3.05, 3.63) is 51.0 Å². The van der Waals surface area contributed by atoms with Crippen LogP contribution in [-0.4, -0.2) is 11.5 Å². The summed E-state index contributed by atoms with van der Waals surface area (Å²) in [6, 6.07) is 9.81. The number of rotatable bonds is 6. The lowest BCUT2D eigenvalue weighted by atomic mass is 10.2. The maximum absolute atomic E-state index is 5.85. The van der Waals surface area contributed by atoms with Gasteiger partial charge in [-0.15, -0.1) is 0 Å². The lowest BCUT2D eigenvalue weighted by molar-refractivity contribution is 0.304. The van der Waals surface area contributed by atoms with Crippen LogP contribution in [0.4, 0.5) is 5.82 Å². The van der Waals surface area contributed by atoms with Crippen molar-refractivity contribution >= 4 is 37.7 Å². The minimum Gasteiger partial charge on any atom is -0.488 e. The van der Waals surface area contributed by atoms with Gasteiger partial charge in [0.1, 0.15) is 18.2 Å². The maximum Gasteiger partial charge on any atom is 0.134 e. The molecule has 106 valence electrons. The van der Waals surface area contributed by atoms with E-state index in [2.05, 4.69) is 49.1 Å². The number of aromatic nitrogens is 1. The number of nitrogens with one attached hydrogen (secondary N) is 1. The monoisotopic (exact) mass is 398 g/mol. The van der Waals surface area contributed by atoms with Crippen LogP contribution in [0.25, 0.3) is 0 Å². The molecule has 0 saturated heterocycles. The van der Waals surface area contributed by atoms with Crippen molar-refractivity contribution in [3.63, 3.8) is 0 Å². The first-order valence-corrected chi connectivity index (χ1v) is 8.05. The zero-order valence-electron chi connectivity index (χ0n) is 11.2. The van der Waals surface area contributed by atoms with Crippen molar-refractivity contribution in [1.82, 2.24) is 4.98 Å². The molecule has 5 heteroatoms. The van der Waals surface area contributed by atoms with Gasteiger partial charge in [0.25, 0.3) is 0 Å². The molecule has 20 heavy (non-hydrogen) atoms. The molecule has 0 bridgehead atoms. The summed E-state index contributed by atoms with van der Waals surface area (Å²) in [5.74, 6) is 1.71. The summed E-state index contributed by atoms with van der Waals surface area (Å²) in [7, 11) is 0. The Bertz CT molecular complexity index is 576. The van der Waals surface area contributed by atoms with Gasteiger partial charge in [-0.2, -0.15) is 0 Å². The first kappa shape index (κ1) is 15.3. The summed E-state index contributed by atoms with van der Waals surface area (Å²) < 4.78 is 7.80. The van der Waals surface area contributed by atoms with Gasteiger partial charge in [-0.1, -0.05) is 28.9 Å². The summed E-state index contributed by atoms with van der Waals surface area (Å²) in [5, 5.41) is 3.31. The van der Waals surface area contributed by atoms with E-state index in [1.54, 1.807) is 6.20 Å². The van der Waals surface area contributed by atoms with Crippen LogP contribution in [0.3, 0.4) is 0 Å². The number of anilines is 1. The van der Waals surface area contributed by atoms with Gasteiger partial charge in [0.05, 0.1) is 4.47 Å². The topological polar surface area (TPSA) is 34.2 Å². The molecule has 0 aliphatic carbocycles. The normalized spacial score (nSPS) is 10.3. The Morgan fingerprint density at radius 3 is 2.85 bits per heavy atom. The molecule has 1 aromatic heterocycles. The summed E-state index contributed by atoms with van der Waals surface area (Å²) >= 11 is 6.92. The fourth-order valence-electron chi connectivity index (χ4n) is 1.71. The highest BCUT2D eigenvalue weighted by molar-refractivity contribution is 9.11. The minimum atomic E-state index is 0.486. The smallest absolute Gasteiger partial charge is 0.134 e. The third-order valence-corrected chi connectivity index (χ3v) is 3.82. The number of hydrogen-bond acceptors (Lipinski definition) is 3. The highest BCUT2D eigenvalue weighted by atomic mass is 79.9. The maximum atomic E-state index is 5.85. The van der Waals surface area contributed by atoms with Crippen LogP contribution in [0.5, 0.6) is 5.75 Å². The van der Waals surface area contributed by atoms with E-state index in [0.717, 1.165) is 39.0 Å². The van der Waals surface area contributed by atoms with Crippen LogP contribution in [0.15, 0.2) is 45.5 Å². The van der Waals surface area contributed by atoms with Gasteiger partial charge < -0.3 is 10.1 Å². The van der Waals surface area contributed by atoms with E-state index < -0.39 is 0 Å². The fraction of sp³-hybridized carbons (Fsp3) is 0.267. The second kappa shape index (κ2) is 7.64. The van der Waals surface area contributed by atoms with E-state index in [9.17, 15) is 0 Å². The molecule has 0 aliphatic heterocycles. The molecule has 0 atom stereocenters. The summed E-state index contributed by atoms with van der Waals surface area (Å²) in [5.41, 5.74) is 1.05. The number of pyridine rings is 1. The highest BCUT2D eigenvalue weighted by Gasteiger charge is 2.06. The molecule has 2 aromatic rings.